The van der Waals surface area contributed by atoms with Gasteiger partial charge in [-0.3, -0.25) is 5.43 Å². The van der Waals surface area contributed by atoms with Gasteiger partial charge >= 0.3 is 0 Å². The fraction of sp³-hybridized carbons (Fsp3) is 0.0435. The highest BCUT2D eigenvalue weighted by Crippen LogP contribution is 2.16. The van der Waals surface area contributed by atoms with Gasteiger partial charge in [0, 0.05) is 10.9 Å². The largest absolute Gasteiger partial charge is 0.489 e. The number of nitrogens with one attached hydrogen (secondary N) is 1. The molecule has 0 radical (unpaired) electrons. The summed E-state index contributed by atoms with van der Waals surface area (Å²) in [6, 6.07) is 25.8. The van der Waals surface area contributed by atoms with Crippen LogP contribution in [-0.2, 0) is 6.61 Å². The molecule has 0 unspecified atom stereocenters. The second kappa shape index (κ2) is 8.31. The second-order valence-electron chi connectivity index (χ2n) is 6.21. The molecule has 0 fully saturated rings. The number of ether oxygens (including phenoxy) is 1. The smallest absolute Gasteiger partial charge is 0.146 e. The maximum absolute atomic E-state index is 13.6. The molecule has 5 heteroatoms. The topological polar surface area (TPSA) is 46.5 Å². The van der Waals surface area contributed by atoms with Crippen molar-refractivity contribution in [1.82, 2.24) is 4.98 Å². The Morgan fingerprint density at radius 3 is 2.54 bits per heavy atom. The molecule has 1 N–H and O–H groups in total. The molecular weight excluding hydrogens is 353 g/mol. The minimum absolute atomic E-state index is 0.190. The summed E-state index contributed by atoms with van der Waals surface area (Å²) in [6.45, 7) is 0.190. The van der Waals surface area contributed by atoms with Crippen LogP contribution in [0.25, 0.3) is 10.9 Å². The minimum atomic E-state index is -0.264. The molecular formula is C23H18FN3O. The number of hydrogen-bond donors (Lipinski definition) is 1. The molecule has 4 rings (SSSR count). The minimum Gasteiger partial charge on any atom is -0.489 e. The first-order valence-corrected chi connectivity index (χ1v) is 8.89. The van der Waals surface area contributed by atoms with Crippen molar-refractivity contribution < 1.29 is 9.13 Å². The van der Waals surface area contributed by atoms with Gasteiger partial charge in [-0.05, 0) is 54.1 Å². The maximum atomic E-state index is 13.6. The normalized spacial score (nSPS) is 11.0. The van der Waals surface area contributed by atoms with E-state index in [9.17, 15) is 4.39 Å². The molecule has 4 aromatic rings. The number of benzene rings is 3. The highest BCUT2D eigenvalue weighted by molar-refractivity contribution is 5.81. The molecule has 0 amide bonds. The van der Waals surface area contributed by atoms with Gasteiger partial charge in [0.15, 0.2) is 0 Å². The summed E-state index contributed by atoms with van der Waals surface area (Å²) in [5, 5.41) is 5.31. The Morgan fingerprint density at radius 1 is 0.893 bits per heavy atom. The SMILES string of the molecule is Fc1ccccc1COc1ccc(C=NNc2ccc3ccccc3n2)cc1. The van der Waals surface area contributed by atoms with Crippen LogP contribution >= 0.6 is 0 Å². The number of hydrogen-bond acceptors (Lipinski definition) is 4. The van der Waals surface area contributed by atoms with Gasteiger partial charge in [-0.15, -0.1) is 0 Å². The predicted octanol–water partition coefficient (Wildman–Crippen LogP) is 5.40. The Morgan fingerprint density at radius 2 is 1.68 bits per heavy atom. The first kappa shape index (κ1) is 17.7. The van der Waals surface area contributed by atoms with E-state index < -0.39 is 0 Å². The Balaban J connectivity index is 1.35. The fourth-order valence-corrected chi connectivity index (χ4v) is 2.73. The van der Waals surface area contributed by atoms with Gasteiger partial charge in [-0.2, -0.15) is 5.10 Å². The van der Waals surface area contributed by atoms with Crippen LogP contribution < -0.4 is 10.2 Å². The molecule has 0 atom stereocenters. The van der Waals surface area contributed by atoms with E-state index in [4.69, 9.17) is 4.74 Å². The molecule has 4 nitrogen and oxygen atoms in total. The average molecular weight is 371 g/mol. The Kier molecular flexibility index (Phi) is 5.24. The summed E-state index contributed by atoms with van der Waals surface area (Å²) in [7, 11) is 0. The molecule has 0 saturated carbocycles. The Bertz CT molecular complexity index is 1110. The van der Waals surface area contributed by atoms with E-state index in [-0.39, 0.29) is 12.4 Å². The lowest BCUT2D eigenvalue weighted by atomic mass is 10.2. The number of nitrogens with zero attached hydrogens (tertiary/aromatic N) is 2. The van der Waals surface area contributed by atoms with E-state index in [0.717, 1.165) is 16.5 Å². The number of para-hydroxylation sites is 1. The molecule has 0 saturated heterocycles. The van der Waals surface area contributed by atoms with Gasteiger partial charge in [0.2, 0.25) is 0 Å². The van der Waals surface area contributed by atoms with Crippen molar-refractivity contribution in [1.29, 1.82) is 0 Å². The zero-order valence-electron chi connectivity index (χ0n) is 15.0. The first-order chi connectivity index (χ1) is 13.8. The van der Waals surface area contributed by atoms with Crippen LogP contribution in [0.1, 0.15) is 11.1 Å². The highest BCUT2D eigenvalue weighted by atomic mass is 19.1. The Labute approximate surface area is 162 Å². The van der Waals surface area contributed by atoms with Crippen molar-refractivity contribution in [3.05, 3.63) is 102 Å². The molecule has 138 valence electrons. The number of rotatable bonds is 6. The number of pyridine rings is 1. The van der Waals surface area contributed by atoms with Crippen molar-refractivity contribution in [3.8, 4) is 5.75 Å². The van der Waals surface area contributed by atoms with E-state index in [0.29, 0.717) is 17.1 Å². The van der Waals surface area contributed by atoms with E-state index in [2.05, 4.69) is 15.5 Å². The molecule has 28 heavy (non-hydrogen) atoms. The number of aromatic nitrogens is 1. The van der Waals surface area contributed by atoms with Crippen LogP contribution in [0.4, 0.5) is 10.2 Å². The molecule has 0 aliphatic rings. The van der Waals surface area contributed by atoms with Crippen LogP contribution in [0.5, 0.6) is 5.75 Å². The molecule has 1 aromatic heterocycles. The maximum Gasteiger partial charge on any atom is 0.146 e. The van der Waals surface area contributed by atoms with Gasteiger partial charge in [0.25, 0.3) is 0 Å². The second-order valence-corrected chi connectivity index (χ2v) is 6.21. The third-order valence-electron chi connectivity index (χ3n) is 4.22. The van der Waals surface area contributed by atoms with Crippen molar-refractivity contribution in [2.24, 2.45) is 5.10 Å². The first-order valence-electron chi connectivity index (χ1n) is 8.89. The summed E-state index contributed by atoms with van der Waals surface area (Å²) in [6.07, 6.45) is 1.71. The van der Waals surface area contributed by atoms with Crippen LogP contribution in [0.15, 0.2) is 90.0 Å². The predicted molar refractivity (Wildman–Crippen MR) is 110 cm³/mol. The summed E-state index contributed by atoms with van der Waals surface area (Å²) in [5.74, 6) is 1.09. The van der Waals surface area contributed by atoms with Crippen molar-refractivity contribution in [2.75, 3.05) is 5.43 Å². The van der Waals surface area contributed by atoms with Crippen LogP contribution in [-0.4, -0.2) is 11.2 Å². The van der Waals surface area contributed by atoms with Gasteiger partial charge in [0.05, 0.1) is 11.7 Å². The molecule has 0 aliphatic heterocycles. The molecule has 0 aliphatic carbocycles. The molecule has 0 bridgehead atoms. The fourth-order valence-electron chi connectivity index (χ4n) is 2.73. The van der Waals surface area contributed by atoms with Gasteiger partial charge < -0.3 is 4.74 Å². The lowest BCUT2D eigenvalue weighted by Gasteiger charge is -2.07. The summed E-state index contributed by atoms with van der Waals surface area (Å²) in [5.41, 5.74) is 5.29. The zero-order chi connectivity index (χ0) is 19.2. The molecule has 1 heterocycles. The lowest BCUT2D eigenvalue weighted by Crippen LogP contribution is -1.98. The van der Waals surface area contributed by atoms with E-state index in [1.165, 1.54) is 6.07 Å². The van der Waals surface area contributed by atoms with Crippen LogP contribution in [0.2, 0.25) is 0 Å². The van der Waals surface area contributed by atoms with E-state index >= 15 is 0 Å². The number of halogens is 1. The molecule has 3 aromatic carbocycles. The number of hydrazone groups is 1. The van der Waals surface area contributed by atoms with Crippen LogP contribution in [0.3, 0.4) is 0 Å². The van der Waals surface area contributed by atoms with Crippen molar-refractivity contribution in [3.63, 3.8) is 0 Å². The summed E-state index contributed by atoms with van der Waals surface area (Å²) in [4.78, 5) is 4.51. The quantitative estimate of drug-likeness (QED) is 0.365. The summed E-state index contributed by atoms with van der Waals surface area (Å²) >= 11 is 0. The van der Waals surface area contributed by atoms with E-state index in [1.807, 2.05) is 60.7 Å². The van der Waals surface area contributed by atoms with Gasteiger partial charge in [-0.25, -0.2) is 9.37 Å². The zero-order valence-corrected chi connectivity index (χ0v) is 15.0. The van der Waals surface area contributed by atoms with Crippen molar-refractivity contribution >= 4 is 22.9 Å². The Hall–Kier alpha value is -3.73. The van der Waals surface area contributed by atoms with Gasteiger partial charge in [0.1, 0.15) is 24.0 Å². The van der Waals surface area contributed by atoms with Gasteiger partial charge in [-0.1, -0.05) is 36.4 Å². The average Bonchev–Trinajstić information content (AvgIpc) is 2.74. The van der Waals surface area contributed by atoms with Crippen LogP contribution in [0, 0.1) is 5.82 Å². The third-order valence-corrected chi connectivity index (χ3v) is 4.22. The monoisotopic (exact) mass is 371 g/mol. The lowest BCUT2D eigenvalue weighted by molar-refractivity contribution is 0.300. The van der Waals surface area contributed by atoms with E-state index in [1.54, 1.807) is 24.4 Å². The summed E-state index contributed by atoms with van der Waals surface area (Å²) < 4.78 is 19.2. The number of anilines is 1. The third kappa shape index (κ3) is 4.32. The molecule has 0 spiro atoms. The standard InChI is InChI=1S/C23H18FN3O/c24-21-7-3-1-6-19(21)16-28-20-12-9-17(10-13-20)15-25-27-23-14-11-18-5-2-4-8-22(18)26-23/h1-15H,16H2,(H,26,27). The highest BCUT2D eigenvalue weighted by Gasteiger charge is 2.02. The number of fused-ring (bicyclic) bond motifs is 1. The van der Waals surface area contributed by atoms with Crippen molar-refractivity contribution in [2.45, 2.75) is 6.61 Å².